The number of methoxy groups -OCH3 is 1. The van der Waals surface area contributed by atoms with Crippen LogP contribution in [-0.4, -0.2) is 37.6 Å². The highest BCUT2D eigenvalue weighted by molar-refractivity contribution is 7.20. The fourth-order valence-electron chi connectivity index (χ4n) is 3.58. The van der Waals surface area contributed by atoms with Crippen LogP contribution in [-0.2, 0) is 11.3 Å². The van der Waals surface area contributed by atoms with Crippen molar-refractivity contribution in [3.05, 3.63) is 68.5 Å². The highest BCUT2D eigenvalue weighted by Gasteiger charge is 2.21. The van der Waals surface area contributed by atoms with E-state index in [1.165, 1.54) is 35.4 Å². The van der Waals surface area contributed by atoms with Crippen molar-refractivity contribution in [2.24, 2.45) is 0 Å². The molecule has 0 spiro atoms. The van der Waals surface area contributed by atoms with E-state index in [0.717, 1.165) is 10.9 Å². The molecule has 0 saturated carbocycles. The number of benzene rings is 1. The lowest BCUT2D eigenvalue weighted by Crippen LogP contribution is -1.99. The molecule has 0 saturated heterocycles. The molecule has 4 heterocycles. The summed E-state index contributed by atoms with van der Waals surface area (Å²) in [5.41, 5.74) is 1.83. The molecule has 0 amide bonds. The number of fused-ring (bicyclic) bond motifs is 3. The monoisotopic (exact) mass is 479 g/mol. The zero-order valence-corrected chi connectivity index (χ0v) is 19.1. The van der Waals surface area contributed by atoms with Crippen molar-refractivity contribution >= 4 is 38.9 Å². The summed E-state index contributed by atoms with van der Waals surface area (Å²) in [5.74, 6) is 1.41. The maximum Gasteiger partial charge on any atom is 0.348 e. The molecule has 172 valence electrons. The van der Waals surface area contributed by atoms with Gasteiger partial charge in [0.05, 0.1) is 17.4 Å². The van der Waals surface area contributed by atoms with Crippen molar-refractivity contribution in [2.45, 2.75) is 20.5 Å². The third-order valence-corrected chi connectivity index (χ3v) is 6.45. The lowest BCUT2D eigenvalue weighted by Gasteiger charge is -2.05. The lowest BCUT2D eigenvalue weighted by molar-refractivity contribution is -0.385. The molecule has 0 N–H and O–H groups in total. The van der Waals surface area contributed by atoms with Crippen molar-refractivity contribution in [3.8, 4) is 17.3 Å². The van der Waals surface area contributed by atoms with Crippen LogP contribution in [0.3, 0.4) is 0 Å². The Morgan fingerprint density at radius 2 is 2.09 bits per heavy atom. The van der Waals surface area contributed by atoms with E-state index in [2.05, 4.69) is 15.1 Å². The number of nitro benzene ring substituents is 1. The van der Waals surface area contributed by atoms with Crippen LogP contribution < -0.4 is 4.74 Å². The van der Waals surface area contributed by atoms with Gasteiger partial charge in [0.2, 0.25) is 5.82 Å². The minimum absolute atomic E-state index is 0.0359. The van der Waals surface area contributed by atoms with E-state index in [0.29, 0.717) is 44.0 Å². The van der Waals surface area contributed by atoms with Gasteiger partial charge in [0.1, 0.15) is 34.2 Å². The van der Waals surface area contributed by atoms with Gasteiger partial charge in [-0.1, -0.05) is 0 Å². The highest BCUT2D eigenvalue weighted by Crippen LogP contribution is 2.33. The molecule has 12 heteroatoms. The SMILES string of the molecule is COC(=O)c1sc2ncn3nc(-c4ccc(COc5ccc([N+](=O)[O-])c(C)c5)o4)nc3c2c1C. The molecule has 5 aromatic rings. The Kier molecular flexibility index (Phi) is 5.21. The number of aromatic nitrogens is 4. The second-order valence-electron chi connectivity index (χ2n) is 7.44. The van der Waals surface area contributed by atoms with Gasteiger partial charge in [0.25, 0.3) is 5.69 Å². The van der Waals surface area contributed by atoms with Gasteiger partial charge >= 0.3 is 5.97 Å². The third-order valence-electron chi connectivity index (χ3n) is 5.27. The van der Waals surface area contributed by atoms with Crippen LogP contribution in [0.5, 0.6) is 5.75 Å². The normalized spacial score (nSPS) is 11.3. The number of furan rings is 1. The average Bonchev–Trinajstić information content (AvgIpc) is 3.53. The summed E-state index contributed by atoms with van der Waals surface area (Å²) in [5, 5.41) is 16.1. The number of aryl methyl sites for hydroxylation is 2. The van der Waals surface area contributed by atoms with Gasteiger partial charge in [-0.2, -0.15) is 0 Å². The Bertz CT molecular complexity index is 1580. The summed E-state index contributed by atoms with van der Waals surface area (Å²) in [6, 6.07) is 8.04. The van der Waals surface area contributed by atoms with Crippen LogP contribution in [0.1, 0.15) is 26.6 Å². The minimum atomic E-state index is -0.434. The van der Waals surface area contributed by atoms with Crippen molar-refractivity contribution in [2.75, 3.05) is 7.11 Å². The molecule has 34 heavy (non-hydrogen) atoms. The van der Waals surface area contributed by atoms with Gasteiger partial charge in [-0.3, -0.25) is 10.1 Å². The van der Waals surface area contributed by atoms with Gasteiger partial charge in [0, 0.05) is 11.6 Å². The number of rotatable bonds is 6. The van der Waals surface area contributed by atoms with Crippen LogP contribution in [0.15, 0.2) is 41.1 Å². The largest absolute Gasteiger partial charge is 0.486 e. The van der Waals surface area contributed by atoms with Crippen LogP contribution in [0, 0.1) is 24.0 Å². The molecule has 0 bridgehead atoms. The first-order valence-corrected chi connectivity index (χ1v) is 10.9. The first-order valence-electron chi connectivity index (χ1n) is 10.1. The Labute approximate surface area is 195 Å². The van der Waals surface area contributed by atoms with Crippen LogP contribution in [0.4, 0.5) is 5.69 Å². The molecule has 0 aliphatic rings. The van der Waals surface area contributed by atoms with Gasteiger partial charge < -0.3 is 13.9 Å². The number of hydrogen-bond acceptors (Lipinski definition) is 10. The summed E-state index contributed by atoms with van der Waals surface area (Å²) >= 11 is 1.24. The molecule has 5 rings (SSSR count). The van der Waals surface area contributed by atoms with Gasteiger partial charge in [-0.05, 0) is 43.7 Å². The maximum absolute atomic E-state index is 12.1. The summed E-state index contributed by atoms with van der Waals surface area (Å²) in [7, 11) is 1.34. The Morgan fingerprint density at radius 3 is 2.82 bits per heavy atom. The Morgan fingerprint density at radius 1 is 1.26 bits per heavy atom. The molecule has 11 nitrogen and oxygen atoms in total. The van der Waals surface area contributed by atoms with Gasteiger partial charge in [-0.25, -0.2) is 19.3 Å². The van der Waals surface area contributed by atoms with E-state index in [-0.39, 0.29) is 12.3 Å². The zero-order chi connectivity index (χ0) is 24.0. The molecular weight excluding hydrogens is 462 g/mol. The van der Waals surface area contributed by atoms with Crippen molar-refractivity contribution in [1.29, 1.82) is 0 Å². The number of nitro groups is 1. The second-order valence-corrected chi connectivity index (χ2v) is 8.44. The highest BCUT2D eigenvalue weighted by atomic mass is 32.1. The number of nitrogens with zero attached hydrogens (tertiary/aromatic N) is 5. The molecule has 0 aliphatic heterocycles. The Hall–Kier alpha value is -4.32. The summed E-state index contributed by atoms with van der Waals surface area (Å²) in [6.45, 7) is 3.60. The summed E-state index contributed by atoms with van der Waals surface area (Å²) < 4.78 is 18.0. The topological polar surface area (TPSA) is 135 Å². The average molecular weight is 479 g/mol. The third kappa shape index (κ3) is 3.63. The number of carbonyl (C=O) groups excluding carboxylic acids is 1. The molecule has 0 fully saturated rings. The van der Waals surface area contributed by atoms with E-state index < -0.39 is 10.9 Å². The van der Waals surface area contributed by atoms with E-state index in [1.807, 2.05) is 6.92 Å². The zero-order valence-electron chi connectivity index (χ0n) is 18.3. The van der Waals surface area contributed by atoms with E-state index in [1.54, 1.807) is 31.2 Å². The summed E-state index contributed by atoms with van der Waals surface area (Å²) in [4.78, 5) is 32.7. The molecule has 0 radical (unpaired) electrons. The fraction of sp³-hybridized carbons (Fsp3) is 0.182. The van der Waals surface area contributed by atoms with Crippen molar-refractivity contribution in [1.82, 2.24) is 19.6 Å². The van der Waals surface area contributed by atoms with Gasteiger partial charge in [0.15, 0.2) is 11.4 Å². The number of ether oxygens (including phenoxy) is 2. The van der Waals surface area contributed by atoms with Crippen LogP contribution >= 0.6 is 11.3 Å². The van der Waals surface area contributed by atoms with Crippen LogP contribution in [0.25, 0.3) is 27.4 Å². The van der Waals surface area contributed by atoms with Gasteiger partial charge in [-0.15, -0.1) is 16.4 Å². The van der Waals surface area contributed by atoms with Crippen molar-refractivity contribution in [3.63, 3.8) is 0 Å². The number of thiophene rings is 1. The molecular formula is C22H17N5O6S. The number of hydrogen-bond donors (Lipinski definition) is 0. The minimum Gasteiger partial charge on any atom is -0.486 e. The molecule has 4 aromatic heterocycles. The fourth-order valence-corrected chi connectivity index (χ4v) is 4.64. The first kappa shape index (κ1) is 21.5. The Balaban J connectivity index is 1.41. The van der Waals surface area contributed by atoms with E-state index >= 15 is 0 Å². The second kappa shape index (κ2) is 8.23. The predicted molar refractivity (Wildman–Crippen MR) is 122 cm³/mol. The van der Waals surface area contributed by atoms with Crippen molar-refractivity contribution < 1.29 is 23.6 Å². The smallest absolute Gasteiger partial charge is 0.348 e. The first-order chi connectivity index (χ1) is 16.4. The molecule has 1 aromatic carbocycles. The summed E-state index contributed by atoms with van der Waals surface area (Å²) in [6.07, 6.45) is 1.54. The predicted octanol–water partition coefficient (Wildman–Crippen LogP) is 4.49. The standard InChI is InChI=1S/C22H17N5O6S/c1-11-8-13(4-6-15(11)27(29)30)32-9-14-5-7-16(33-14)19-24-20-17-12(2)18(22(28)31-3)34-21(17)23-10-26(20)25-19/h4-8,10H,9H2,1-3H3. The lowest BCUT2D eigenvalue weighted by atomic mass is 10.2. The molecule has 0 atom stereocenters. The maximum atomic E-state index is 12.1. The molecule has 0 unspecified atom stereocenters. The van der Waals surface area contributed by atoms with Crippen LogP contribution in [0.2, 0.25) is 0 Å². The number of carbonyl (C=O) groups is 1. The van der Waals surface area contributed by atoms with E-state index in [4.69, 9.17) is 13.9 Å². The quantitative estimate of drug-likeness (QED) is 0.196. The number of esters is 1. The van der Waals surface area contributed by atoms with E-state index in [9.17, 15) is 14.9 Å². The molecule has 0 aliphatic carbocycles.